The summed E-state index contributed by atoms with van der Waals surface area (Å²) >= 11 is 0. The number of hydrogen-bond acceptors (Lipinski definition) is 5. The van der Waals surface area contributed by atoms with Crippen LogP contribution in [-0.4, -0.2) is 57.8 Å². The molecule has 2 rings (SSSR count). The molecule has 0 atom stereocenters. The molecule has 2 N–H and O–H groups in total. The molecule has 0 aliphatic carbocycles. The van der Waals surface area contributed by atoms with Gasteiger partial charge in [0, 0.05) is 52.7 Å². The van der Waals surface area contributed by atoms with Crippen LogP contribution in [0.15, 0.2) is 24.5 Å². The standard InChI is InChI=1S/C18H30N4O2.B/c1-18(2,3)24-17(23)21-11-10-20-14-15-6-12-22(13-7-15)16-4-8-19-9-5-16;/h4-5,8-9,15,20H,6-7,10-14H2,1-3H3,(H,21,23);. The minimum Gasteiger partial charge on any atom is -0.444 e. The molecule has 0 unspecified atom stereocenters. The van der Waals surface area contributed by atoms with Crippen LogP contribution in [0.5, 0.6) is 0 Å². The summed E-state index contributed by atoms with van der Waals surface area (Å²) in [5.74, 6) is 0.699. The number of pyridine rings is 1. The van der Waals surface area contributed by atoms with Crippen LogP contribution in [0.3, 0.4) is 0 Å². The fourth-order valence-corrected chi connectivity index (χ4v) is 2.82. The highest BCUT2D eigenvalue weighted by molar-refractivity contribution is 5.75. The Bertz CT molecular complexity index is 500. The summed E-state index contributed by atoms with van der Waals surface area (Å²) in [5.41, 5.74) is 0.818. The third-order valence-electron chi connectivity index (χ3n) is 4.05. The predicted octanol–water partition coefficient (Wildman–Crippen LogP) is 2.03. The zero-order valence-electron chi connectivity index (χ0n) is 15.6. The zero-order chi connectivity index (χ0) is 17.4. The summed E-state index contributed by atoms with van der Waals surface area (Å²) < 4.78 is 5.20. The Kier molecular flexibility index (Phi) is 8.76. The molecule has 6 nitrogen and oxygen atoms in total. The van der Waals surface area contributed by atoms with Gasteiger partial charge in [0.25, 0.3) is 0 Å². The first-order chi connectivity index (χ1) is 11.4. The van der Waals surface area contributed by atoms with Crippen molar-refractivity contribution in [1.29, 1.82) is 0 Å². The summed E-state index contributed by atoms with van der Waals surface area (Å²) in [7, 11) is 0. The first kappa shape index (κ1) is 21.3. The van der Waals surface area contributed by atoms with Gasteiger partial charge in [-0.3, -0.25) is 4.98 Å². The number of aromatic nitrogens is 1. The minimum atomic E-state index is -0.444. The Morgan fingerprint density at radius 1 is 1.24 bits per heavy atom. The third-order valence-corrected chi connectivity index (χ3v) is 4.05. The maximum absolute atomic E-state index is 11.5. The van der Waals surface area contributed by atoms with E-state index in [2.05, 4.69) is 32.7 Å². The topological polar surface area (TPSA) is 66.5 Å². The molecule has 0 aromatic carbocycles. The molecule has 1 aromatic heterocycles. The number of nitrogens with one attached hydrogen (secondary N) is 2. The van der Waals surface area contributed by atoms with Gasteiger partial charge in [0.2, 0.25) is 0 Å². The van der Waals surface area contributed by atoms with Crippen molar-refractivity contribution in [2.75, 3.05) is 37.6 Å². The molecule has 1 fully saturated rings. The number of anilines is 1. The van der Waals surface area contributed by atoms with E-state index in [0.29, 0.717) is 12.5 Å². The second-order valence-corrected chi connectivity index (χ2v) is 7.27. The number of nitrogens with zero attached hydrogens (tertiary/aromatic N) is 2. The Balaban J connectivity index is 0.00000312. The molecule has 0 saturated carbocycles. The fourth-order valence-electron chi connectivity index (χ4n) is 2.82. The van der Waals surface area contributed by atoms with Crippen LogP contribution in [0.1, 0.15) is 33.6 Å². The number of carbonyl (C=O) groups is 1. The van der Waals surface area contributed by atoms with Crippen LogP contribution in [0.2, 0.25) is 0 Å². The van der Waals surface area contributed by atoms with Crippen LogP contribution in [-0.2, 0) is 4.74 Å². The van der Waals surface area contributed by atoms with Gasteiger partial charge in [-0.25, -0.2) is 4.79 Å². The molecule has 0 bridgehead atoms. The first-order valence-corrected chi connectivity index (χ1v) is 8.76. The summed E-state index contributed by atoms with van der Waals surface area (Å²) in [6.07, 6.45) is 5.72. The molecule has 0 spiro atoms. The van der Waals surface area contributed by atoms with Crippen LogP contribution >= 0.6 is 0 Å². The lowest BCUT2D eigenvalue weighted by Crippen LogP contribution is -2.40. The lowest BCUT2D eigenvalue weighted by atomic mass is 9.96. The Morgan fingerprint density at radius 3 is 2.48 bits per heavy atom. The van der Waals surface area contributed by atoms with Crippen LogP contribution in [0, 0.1) is 5.92 Å². The normalized spacial score (nSPS) is 15.4. The number of carbonyl (C=O) groups excluding carboxylic acids is 1. The van der Waals surface area contributed by atoms with E-state index < -0.39 is 5.60 Å². The average molecular weight is 345 g/mol. The molecule has 137 valence electrons. The Morgan fingerprint density at radius 2 is 1.88 bits per heavy atom. The number of alkyl carbamates (subject to hydrolysis) is 1. The molecule has 7 heteroatoms. The number of hydrogen-bond donors (Lipinski definition) is 2. The van der Waals surface area contributed by atoms with Gasteiger partial charge in [0.15, 0.2) is 0 Å². The third kappa shape index (κ3) is 8.25. The SMILES string of the molecule is CC(C)(C)OC(=O)NCCNCC1CCN(c2ccncc2)CC1.[B]. The van der Waals surface area contributed by atoms with Crippen molar-refractivity contribution >= 4 is 20.2 Å². The van der Waals surface area contributed by atoms with Crippen LogP contribution in [0.25, 0.3) is 0 Å². The minimum absolute atomic E-state index is 0. The van der Waals surface area contributed by atoms with Gasteiger partial charge in [-0.1, -0.05) is 0 Å². The van der Waals surface area contributed by atoms with E-state index in [4.69, 9.17) is 4.74 Å². The molecule has 2 heterocycles. The second-order valence-electron chi connectivity index (χ2n) is 7.27. The number of rotatable bonds is 6. The van der Waals surface area contributed by atoms with Crippen molar-refractivity contribution in [2.24, 2.45) is 5.92 Å². The van der Waals surface area contributed by atoms with E-state index in [0.717, 1.165) is 26.2 Å². The molecular weight excluding hydrogens is 315 g/mol. The van der Waals surface area contributed by atoms with E-state index in [1.54, 1.807) is 0 Å². The average Bonchev–Trinajstić information content (AvgIpc) is 2.54. The fraction of sp³-hybridized carbons (Fsp3) is 0.667. The Hall–Kier alpha value is -1.76. The van der Waals surface area contributed by atoms with Crippen LogP contribution < -0.4 is 15.5 Å². The summed E-state index contributed by atoms with van der Waals surface area (Å²) in [6, 6.07) is 4.14. The molecule has 1 aliphatic rings. The van der Waals surface area contributed by atoms with E-state index in [-0.39, 0.29) is 14.5 Å². The smallest absolute Gasteiger partial charge is 0.407 e. The van der Waals surface area contributed by atoms with Gasteiger partial charge in [-0.2, -0.15) is 0 Å². The lowest BCUT2D eigenvalue weighted by molar-refractivity contribution is 0.0528. The molecule has 1 saturated heterocycles. The highest BCUT2D eigenvalue weighted by Gasteiger charge is 2.19. The van der Waals surface area contributed by atoms with Crippen molar-refractivity contribution in [3.63, 3.8) is 0 Å². The second kappa shape index (κ2) is 10.3. The van der Waals surface area contributed by atoms with Gasteiger partial charge in [-0.05, 0) is 58.2 Å². The van der Waals surface area contributed by atoms with Crippen molar-refractivity contribution < 1.29 is 9.53 Å². The molecule has 25 heavy (non-hydrogen) atoms. The quantitative estimate of drug-likeness (QED) is 0.610. The maximum atomic E-state index is 11.5. The first-order valence-electron chi connectivity index (χ1n) is 8.76. The zero-order valence-corrected chi connectivity index (χ0v) is 15.6. The monoisotopic (exact) mass is 345 g/mol. The molecule has 1 amide bonds. The molecular formula is C18H30BN4O2. The molecule has 3 radical (unpaired) electrons. The van der Waals surface area contributed by atoms with E-state index in [9.17, 15) is 4.79 Å². The van der Waals surface area contributed by atoms with Gasteiger partial charge in [0.1, 0.15) is 5.60 Å². The van der Waals surface area contributed by atoms with Crippen molar-refractivity contribution in [3.8, 4) is 0 Å². The highest BCUT2D eigenvalue weighted by atomic mass is 16.6. The largest absolute Gasteiger partial charge is 0.444 e. The maximum Gasteiger partial charge on any atom is 0.407 e. The van der Waals surface area contributed by atoms with E-state index in [1.807, 2.05) is 33.2 Å². The van der Waals surface area contributed by atoms with Crippen molar-refractivity contribution in [2.45, 2.75) is 39.2 Å². The van der Waals surface area contributed by atoms with E-state index in [1.165, 1.54) is 18.5 Å². The number of piperidine rings is 1. The van der Waals surface area contributed by atoms with Crippen molar-refractivity contribution in [1.82, 2.24) is 15.6 Å². The van der Waals surface area contributed by atoms with Gasteiger partial charge >= 0.3 is 6.09 Å². The van der Waals surface area contributed by atoms with E-state index >= 15 is 0 Å². The summed E-state index contributed by atoms with van der Waals surface area (Å²) in [4.78, 5) is 18.0. The summed E-state index contributed by atoms with van der Waals surface area (Å²) in [6.45, 7) is 10.1. The van der Waals surface area contributed by atoms with Gasteiger partial charge in [-0.15, -0.1) is 0 Å². The highest BCUT2D eigenvalue weighted by Crippen LogP contribution is 2.22. The predicted molar refractivity (Wildman–Crippen MR) is 102 cm³/mol. The molecule has 1 aromatic rings. The number of ether oxygens (including phenoxy) is 1. The van der Waals surface area contributed by atoms with Crippen LogP contribution in [0.4, 0.5) is 10.5 Å². The van der Waals surface area contributed by atoms with Crippen molar-refractivity contribution in [3.05, 3.63) is 24.5 Å². The lowest BCUT2D eigenvalue weighted by Gasteiger charge is -2.33. The summed E-state index contributed by atoms with van der Waals surface area (Å²) in [5, 5.41) is 6.20. The molecule has 1 aliphatic heterocycles. The van der Waals surface area contributed by atoms with Gasteiger partial charge < -0.3 is 20.3 Å². The van der Waals surface area contributed by atoms with Gasteiger partial charge in [0.05, 0.1) is 0 Å². The number of amides is 1. The Labute approximate surface area is 153 Å².